The van der Waals surface area contributed by atoms with Gasteiger partial charge in [-0.2, -0.15) is 0 Å². The number of rotatable bonds is 5. The predicted molar refractivity (Wildman–Crippen MR) is 92.7 cm³/mol. The van der Waals surface area contributed by atoms with Gasteiger partial charge in [-0.1, -0.05) is 29.3 Å². The van der Waals surface area contributed by atoms with Crippen LogP contribution < -0.4 is 4.74 Å². The van der Waals surface area contributed by atoms with E-state index in [4.69, 9.17) is 16.3 Å². The number of hydrogen-bond donors (Lipinski definition) is 1. The van der Waals surface area contributed by atoms with Gasteiger partial charge in [-0.3, -0.25) is 4.79 Å². The molecule has 1 atom stereocenters. The van der Waals surface area contributed by atoms with Crippen LogP contribution in [0.4, 0.5) is 0 Å². The van der Waals surface area contributed by atoms with E-state index in [1.165, 1.54) is 12.7 Å². The fraction of sp³-hybridized carbons (Fsp3) is 0.316. The lowest BCUT2D eigenvalue weighted by atomic mass is 9.87. The van der Waals surface area contributed by atoms with Gasteiger partial charge in [0, 0.05) is 10.6 Å². The van der Waals surface area contributed by atoms with Crippen LogP contribution in [0, 0.1) is 20.8 Å². The van der Waals surface area contributed by atoms with Crippen LogP contribution in [0.5, 0.6) is 5.75 Å². The molecule has 0 aliphatic rings. The SMILES string of the molecule is COc1ccc(Cl)cc1C(Cc1c(C)cc(C)cc1C)C(=O)O. The van der Waals surface area contributed by atoms with Crippen molar-refractivity contribution in [3.63, 3.8) is 0 Å². The Bertz CT molecular complexity index is 714. The molecule has 122 valence electrons. The van der Waals surface area contributed by atoms with Gasteiger partial charge in [-0.25, -0.2) is 0 Å². The molecule has 0 saturated carbocycles. The fourth-order valence-electron chi connectivity index (χ4n) is 3.04. The maximum Gasteiger partial charge on any atom is 0.311 e. The number of carboxylic acid groups (broad SMARTS) is 1. The molecule has 0 aliphatic heterocycles. The average molecular weight is 333 g/mol. The molecule has 0 fully saturated rings. The highest BCUT2D eigenvalue weighted by atomic mass is 35.5. The van der Waals surface area contributed by atoms with E-state index in [1.807, 2.05) is 20.8 Å². The second-order valence-electron chi connectivity index (χ2n) is 5.86. The molecule has 23 heavy (non-hydrogen) atoms. The van der Waals surface area contributed by atoms with Crippen molar-refractivity contribution in [3.8, 4) is 5.75 Å². The zero-order valence-corrected chi connectivity index (χ0v) is 14.6. The molecule has 3 nitrogen and oxygen atoms in total. The normalized spacial score (nSPS) is 12.0. The van der Waals surface area contributed by atoms with Crippen LogP contribution in [0.3, 0.4) is 0 Å². The fourth-order valence-corrected chi connectivity index (χ4v) is 3.22. The predicted octanol–water partition coefficient (Wildman–Crippen LogP) is 4.68. The molecule has 0 radical (unpaired) electrons. The number of hydrogen-bond acceptors (Lipinski definition) is 2. The van der Waals surface area contributed by atoms with Crippen LogP contribution >= 0.6 is 11.6 Å². The third-order valence-corrected chi connectivity index (χ3v) is 4.35. The molecule has 0 saturated heterocycles. The van der Waals surface area contributed by atoms with Crippen LogP contribution in [-0.2, 0) is 11.2 Å². The molecule has 1 N–H and O–H groups in total. The van der Waals surface area contributed by atoms with E-state index in [0.717, 1.165) is 16.7 Å². The van der Waals surface area contributed by atoms with Crippen LogP contribution in [-0.4, -0.2) is 18.2 Å². The summed E-state index contributed by atoms with van der Waals surface area (Å²) in [4.78, 5) is 11.9. The highest BCUT2D eigenvalue weighted by Gasteiger charge is 2.25. The minimum atomic E-state index is -0.884. The molecule has 0 aliphatic carbocycles. The molecule has 0 amide bonds. The number of carboxylic acids is 1. The molecule has 1 unspecified atom stereocenters. The lowest BCUT2D eigenvalue weighted by Crippen LogP contribution is -2.17. The Morgan fingerprint density at radius 3 is 2.30 bits per heavy atom. The Kier molecular flexibility index (Phi) is 5.32. The number of ether oxygens (including phenoxy) is 1. The van der Waals surface area contributed by atoms with E-state index in [9.17, 15) is 9.90 Å². The third kappa shape index (κ3) is 3.85. The van der Waals surface area contributed by atoms with Crippen LogP contribution in [0.1, 0.15) is 33.7 Å². The first-order valence-corrected chi connectivity index (χ1v) is 7.84. The Morgan fingerprint density at radius 2 is 1.78 bits per heavy atom. The van der Waals surface area contributed by atoms with Crippen molar-refractivity contribution < 1.29 is 14.6 Å². The Hall–Kier alpha value is -2.00. The average Bonchev–Trinajstić information content (AvgIpc) is 2.46. The first-order chi connectivity index (χ1) is 10.8. The molecule has 0 aromatic heterocycles. The number of carbonyl (C=O) groups is 1. The molecule has 2 rings (SSSR count). The Morgan fingerprint density at radius 1 is 1.17 bits per heavy atom. The summed E-state index contributed by atoms with van der Waals surface area (Å²) in [6.45, 7) is 6.07. The zero-order valence-electron chi connectivity index (χ0n) is 13.8. The van der Waals surface area contributed by atoms with Crippen molar-refractivity contribution in [1.82, 2.24) is 0 Å². The summed E-state index contributed by atoms with van der Waals surface area (Å²) in [6, 6.07) is 9.25. The minimum Gasteiger partial charge on any atom is -0.496 e. The number of aliphatic carboxylic acids is 1. The smallest absolute Gasteiger partial charge is 0.311 e. The summed E-state index contributed by atoms with van der Waals surface area (Å²) in [5.41, 5.74) is 5.05. The van der Waals surface area contributed by atoms with Crippen molar-refractivity contribution in [2.75, 3.05) is 7.11 Å². The summed E-state index contributed by atoms with van der Waals surface area (Å²) in [5.74, 6) is -1.04. The van der Waals surface area contributed by atoms with Gasteiger partial charge in [-0.15, -0.1) is 0 Å². The van der Waals surface area contributed by atoms with E-state index >= 15 is 0 Å². The summed E-state index contributed by atoms with van der Waals surface area (Å²) in [7, 11) is 1.54. The van der Waals surface area contributed by atoms with Crippen LogP contribution in [0.15, 0.2) is 30.3 Å². The molecular formula is C19H21ClO3. The highest BCUT2D eigenvalue weighted by molar-refractivity contribution is 6.30. The van der Waals surface area contributed by atoms with E-state index in [-0.39, 0.29) is 0 Å². The standard InChI is InChI=1S/C19H21ClO3/c1-11-7-12(2)15(13(3)8-11)10-17(19(21)22)16-9-14(20)5-6-18(16)23-4/h5-9,17H,10H2,1-4H3,(H,21,22). The molecule has 2 aromatic carbocycles. The van der Waals surface area contributed by atoms with Gasteiger partial charge in [0.2, 0.25) is 0 Å². The van der Waals surface area contributed by atoms with Crippen molar-refractivity contribution in [1.29, 1.82) is 0 Å². The van der Waals surface area contributed by atoms with E-state index in [1.54, 1.807) is 18.2 Å². The van der Waals surface area contributed by atoms with Crippen molar-refractivity contribution in [3.05, 3.63) is 63.2 Å². The van der Waals surface area contributed by atoms with E-state index < -0.39 is 11.9 Å². The molecule has 4 heteroatoms. The topological polar surface area (TPSA) is 46.5 Å². The van der Waals surface area contributed by atoms with Gasteiger partial charge in [0.1, 0.15) is 5.75 Å². The number of halogens is 1. The third-order valence-electron chi connectivity index (χ3n) is 4.11. The molecule has 2 aromatic rings. The summed E-state index contributed by atoms with van der Waals surface area (Å²) >= 11 is 6.06. The minimum absolute atomic E-state index is 0.407. The maximum atomic E-state index is 11.9. The Balaban J connectivity index is 2.49. The van der Waals surface area contributed by atoms with Gasteiger partial charge < -0.3 is 9.84 Å². The first-order valence-electron chi connectivity index (χ1n) is 7.46. The van der Waals surface area contributed by atoms with Gasteiger partial charge in [-0.05, 0) is 62.1 Å². The summed E-state index contributed by atoms with van der Waals surface area (Å²) in [5, 5.41) is 10.2. The second kappa shape index (κ2) is 7.05. The highest BCUT2D eigenvalue weighted by Crippen LogP contribution is 2.33. The van der Waals surface area contributed by atoms with Gasteiger partial charge >= 0.3 is 5.97 Å². The monoisotopic (exact) mass is 332 g/mol. The lowest BCUT2D eigenvalue weighted by molar-refractivity contribution is -0.138. The van der Waals surface area contributed by atoms with E-state index in [2.05, 4.69) is 12.1 Å². The van der Waals surface area contributed by atoms with Crippen LogP contribution in [0.25, 0.3) is 0 Å². The molecular weight excluding hydrogens is 312 g/mol. The molecule has 0 heterocycles. The number of aryl methyl sites for hydroxylation is 3. The quantitative estimate of drug-likeness (QED) is 0.864. The van der Waals surface area contributed by atoms with Crippen molar-refractivity contribution >= 4 is 17.6 Å². The van der Waals surface area contributed by atoms with Gasteiger partial charge in [0.05, 0.1) is 13.0 Å². The summed E-state index contributed by atoms with van der Waals surface area (Å²) < 4.78 is 5.33. The maximum absolute atomic E-state index is 11.9. The number of methoxy groups -OCH3 is 1. The van der Waals surface area contributed by atoms with Crippen LogP contribution in [0.2, 0.25) is 5.02 Å². The van der Waals surface area contributed by atoms with Gasteiger partial charge in [0.25, 0.3) is 0 Å². The van der Waals surface area contributed by atoms with E-state index in [0.29, 0.717) is 22.8 Å². The molecule has 0 bridgehead atoms. The molecule has 0 spiro atoms. The zero-order chi connectivity index (χ0) is 17.1. The Labute approximate surface area is 141 Å². The van der Waals surface area contributed by atoms with Crippen molar-refractivity contribution in [2.24, 2.45) is 0 Å². The lowest BCUT2D eigenvalue weighted by Gasteiger charge is -2.19. The number of benzene rings is 2. The first kappa shape index (κ1) is 17.4. The largest absolute Gasteiger partial charge is 0.496 e. The second-order valence-corrected chi connectivity index (χ2v) is 6.29. The van der Waals surface area contributed by atoms with Crippen molar-refractivity contribution in [2.45, 2.75) is 33.1 Å². The van der Waals surface area contributed by atoms with Gasteiger partial charge in [0.15, 0.2) is 0 Å². The summed E-state index contributed by atoms with van der Waals surface area (Å²) in [6.07, 6.45) is 0.407.